The maximum absolute atomic E-state index is 6.02. The van der Waals surface area contributed by atoms with E-state index in [4.69, 9.17) is 34.7 Å². The van der Waals surface area contributed by atoms with E-state index >= 15 is 0 Å². The molecule has 0 heterocycles. The van der Waals surface area contributed by atoms with Crippen molar-refractivity contribution < 1.29 is 0 Å². The summed E-state index contributed by atoms with van der Waals surface area (Å²) in [6.07, 6.45) is 0. The van der Waals surface area contributed by atoms with E-state index in [1.807, 2.05) is 31.2 Å². The lowest BCUT2D eigenvalue weighted by Gasteiger charge is -2.10. The normalized spacial score (nSPS) is 10.5. The Morgan fingerprint density at radius 1 is 0.882 bits per heavy atom. The number of benzene rings is 2. The van der Waals surface area contributed by atoms with Gasteiger partial charge in [0.1, 0.15) is 0 Å². The second kappa shape index (κ2) is 4.47. The average Bonchev–Trinajstić information content (AvgIpc) is 2.27. The van der Waals surface area contributed by atoms with Crippen LogP contribution in [0.2, 0.25) is 10.0 Å². The highest BCUT2D eigenvalue weighted by Crippen LogP contribution is 2.33. The minimum atomic E-state index is 0.537. The largest absolute Gasteiger partial charge is 0.398 e. The second-order valence-corrected chi connectivity index (χ2v) is 4.74. The molecule has 0 radical (unpaired) electrons. The van der Waals surface area contributed by atoms with Gasteiger partial charge in [-0.1, -0.05) is 29.3 Å². The summed E-state index contributed by atoms with van der Waals surface area (Å²) in [7, 11) is 0. The van der Waals surface area contributed by atoms with Crippen molar-refractivity contribution in [2.24, 2.45) is 0 Å². The molecule has 2 nitrogen and oxygen atoms in total. The molecule has 0 atom stereocenters. The summed E-state index contributed by atoms with van der Waals surface area (Å²) >= 11 is 12.0. The van der Waals surface area contributed by atoms with E-state index in [1.54, 1.807) is 6.07 Å². The number of aryl methyl sites for hydroxylation is 1. The van der Waals surface area contributed by atoms with E-state index in [1.165, 1.54) is 0 Å². The van der Waals surface area contributed by atoms with Crippen LogP contribution in [0.1, 0.15) is 5.56 Å². The zero-order valence-corrected chi connectivity index (χ0v) is 10.8. The molecule has 2 rings (SSSR count). The van der Waals surface area contributed by atoms with Crippen LogP contribution >= 0.6 is 23.2 Å². The quantitative estimate of drug-likeness (QED) is 0.763. The fraction of sp³-hybridized carbons (Fsp3) is 0.0769. The van der Waals surface area contributed by atoms with Crippen molar-refractivity contribution in [1.82, 2.24) is 0 Å². The average molecular weight is 267 g/mol. The van der Waals surface area contributed by atoms with Crippen LogP contribution in [0.15, 0.2) is 30.3 Å². The summed E-state index contributed by atoms with van der Waals surface area (Å²) in [5, 5.41) is 1.08. The predicted octanol–water partition coefficient (Wildman–Crippen LogP) is 4.13. The molecule has 0 saturated heterocycles. The van der Waals surface area contributed by atoms with Crippen LogP contribution in [0.5, 0.6) is 0 Å². The number of halogens is 2. The minimum Gasteiger partial charge on any atom is -0.398 e. The molecule has 0 amide bonds. The number of rotatable bonds is 1. The van der Waals surface area contributed by atoms with Crippen molar-refractivity contribution in [3.63, 3.8) is 0 Å². The van der Waals surface area contributed by atoms with Crippen molar-refractivity contribution in [3.8, 4) is 11.1 Å². The van der Waals surface area contributed by atoms with E-state index in [9.17, 15) is 0 Å². The maximum atomic E-state index is 6.02. The predicted molar refractivity (Wildman–Crippen MR) is 75.5 cm³/mol. The molecule has 0 unspecified atom stereocenters. The molecule has 0 aliphatic heterocycles. The highest BCUT2D eigenvalue weighted by molar-refractivity contribution is 6.34. The van der Waals surface area contributed by atoms with Crippen molar-refractivity contribution in [3.05, 3.63) is 45.9 Å². The molecule has 0 spiro atoms. The van der Waals surface area contributed by atoms with Crippen LogP contribution in [-0.4, -0.2) is 0 Å². The Morgan fingerprint density at radius 3 is 2.18 bits per heavy atom. The third-order valence-electron chi connectivity index (χ3n) is 2.66. The maximum Gasteiger partial charge on any atom is 0.0641 e. The van der Waals surface area contributed by atoms with Crippen molar-refractivity contribution in [2.45, 2.75) is 6.92 Å². The van der Waals surface area contributed by atoms with Gasteiger partial charge in [-0.25, -0.2) is 0 Å². The fourth-order valence-corrected chi connectivity index (χ4v) is 2.05. The van der Waals surface area contributed by atoms with Gasteiger partial charge in [-0.05, 0) is 47.9 Å². The lowest BCUT2D eigenvalue weighted by Crippen LogP contribution is -1.92. The van der Waals surface area contributed by atoms with E-state index < -0.39 is 0 Å². The molecule has 0 aliphatic rings. The highest BCUT2D eigenvalue weighted by atomic mass is 35.5. The standard InChI is InChI=1S/C13H12Cl2N2/c1-7-4-13(17)11(15)6-9(7)8-2-3-12(16)10(14)5-8/h2-6H,16-17H2,1H3. The van der Waals surface area contributed by atoms with Crippen LogP contribution in [-0.2, 0) is 0 Å². The Bertz CT molecular complexity index is 580. The van der Waals surface area contributed by atoms with Crippen molar-refractivity contribution in [2.75, 3.05) is 11.5 Å². The van der Waals surface area contributed by atoms with Gasteiger partial charge in [0.2, 0.25) is 0 Å². The molecule has 0 aromatic heterocycles. The third-order valence-corrected chi connectivity index (χ3v) is 3.31. The summed E-state index contributed by atoms with van der Waals surface area (Å²) in [6, 6.07) is 9.21. The Morgan fingerprint density at radius 2 is 1.53 bits per heavy atom. The van der Waals surface area contributed by atoms with Gasteiger partial charge in [0.05, 0.1) is 21.4 Å². The molecular formula is C13H12Cl2N2. The molecule has 4 N–H and O–H groups in total. The topological polar surface area (TPSA) is 52.0 Å². The van der Waals surface area contributed by atoms with Gasteiger partial charge in [-0.3, -0.25) is 0 Å². The highest BCUT2D eigenvalue weighted by Gasteiger charge is 2.07. The van der Waals surface area contributed by atoms with Crippen LogP contribution < -0.4 is 11.5 Å². The number of hydrogen-bond acceptors (Lipinski definition) is 2. The first kappa shape index (κ1) is 12.1. The zero-order chi connectivity index (χ0) is 12.6. The third kappa shape index (κ3) is 2.33. The number of hydrogen-bond donors (Lipinski definition) is 2. The molecule has 0 aliphatic carbocycles. The summed E-state index contributed by atoms with van der Waals surface area (Å²) in [6.45, 7) is 1.98. The number of nitrogen functional groups attached to an aromatic ring is 2. The van der Waals surface area contributed by atoms with Gasteiger partial charge in [0.15, 0.2) is 0 Å². The molecule has 88 valence electrons. The van der Waals surface area contributed by atoms with Gasteiger partial charge in [0.25, 0.3) is 0 Å². The first-order valence-electron chi connectivity index (χ1n) is 5.10. The first-order chi connectivity index (χ1) is 7.99. The molecule has 4 heteroatoms. The van der Waals surface area contributed by atoms with E-state index in [0.717, 1.165) is 16.7 Å². The Balaban J connectivity index is 2.60. The first-order valence-corrected chi connectivity index (χ1v) is 5.85. The summed E-state index contributed by atoms with van der Waals surface area (Å²) in [4.78, 5) is 0. The number of nitrogens with two attached hydrogens (primary N) is 2. The fourth-order valence-electron chi connectivity index (χ4n) is 1.71. The van der Waals surface area contributed by atoms with Crippen LogP contribution in [0.25, 0.3) is 11.1 Å². The molecule has 17 heavy (non-hydrogen) atoms. The van der Waals surface area contributed by atoms with Crippen LogP contribution in [0.4, 0.5) is 11.4 Å². The zero-order valence-electron chi connectivity index (χ0n) is 9.30. The summed E-state index contributed by atoms with van der Waals surface area (Å²) in [5.74, 6) is 0. The lowest BCUT2D eigenvalue weighted by molar-refractivity contribution is 1.46. The van der Waals surface area contributed by atoms with Crippen molar-refractivity contribution >= 4 is 34.6 Å². The van der Waals surface area contributed by atoms with E-state index in [-0.39, 0.29) is 0 Å². The molecule has 0 bridgehead atoms. The van der Waals surface area contributed by atoms with E-state index in [2.05, 4.69) is 0 Å². The Hall–Kier alpha value is -1.38. The Kier molecular flexibility index (Phi) is 3.18. The van der Waals surface area contributed by atoms with Gasteiger partial charge in [-0.2, -0.15) is 0 Å². The second-order valence-electron chi connectivity index (χ2n) is 3.92. The SMILES string of the molecule is Cc1cc(N)c(Cl)cc1-c1ccc(N)c(Cl)c1. The van der Waals surface area contributed by atoms with Gasteiger partial charge >= 0.3 is 0 Å². The Labute approximate surface area is 110 Å². The lowest BCUT2D eigenvalue weighted by atomic mass is 10.00. The van der Waals surface area contributed by atoms with Crippen molar-refractivity contribution in [1.29, 1.82) is 0 Å². The molecule has 2 aromatic rings. The van der Waals surface area contributed by atoms with Crippen LogP contribution in [0.3, 0.4) is 0 Å². The molecular weight excluding hydrogens is 255 g/mol. The monoisotopic (exact) mass is 266 g/mol. The van der Waals surface area contributed by atoms with Gasteiger partial charge < -0.3 is 11.5 Å². The smallest absolute Gasteiger partial charge is 0.0641 e. The van der Waals surface area contributed by atoms with Crippen LogP contribution in [0, 0.1) is 6.92 Å². The van der Waals surface area contributed by atoms with Gasteiger partial charge in [-0.15, -0.1) is 0 Å². The molecule has 0 saturated carbocycles. The molecule has 0 fully saturated rings. The summed E-state index contributed by atoms with van der Waals surface area (Å²) < 4.78 is 0. The van der Waals surface area contributed by atoms with Gasteiger partial charge in [0, 0.05) is 0 Å². The summed E-state index contributed by atoms with van der Waals surface area (Å²) in [5.41, 5.74) is 15.6. The molecule has 2 aromatic carbocycles. The number of anilines is 2. The minimum absolute atomic E-state index is 0.537. The van der Waals surface area contributed by atoms with E-state index in [0.29, 0.717) is 21.4 Å².